The number of nitrogens with one attached hydrogen (secondary N) is 1. The van der Waals surface area contributed by atoms with Crippen molar-refractivity contribution in [3.63, 3.8) is 0 Å². The van der Waals surface area contributed by atoms with E-state index in [1.54, 1.807) is 0 Å². The predicted octanol–water partition coefficient (Wildman–Crippen LogP) is 18.9. The van der Waals surface area contributed by atoms with Gasteiger partial charge in [0.2, 0.25) is 5.91 Å². The quantitative estimate of drug-likeness (QED) is 0.0156. The van der Waals surface area contributed by atoms with Gasteiger partial charge in [-0.15, -0.1) is 0 Å². The number of amides is 1. The van der Waals surface area contributed by atoms with Crippen molar-refractivity contribution in [1.82, 2.24) is 5.32 Å². The minimum Gasteiger partial charge on any atom is -0.456 e. The molecule has 0 spiro atoms. The largest absolute Gasteiger partial charge is 0.472 e. The fraction of sp³-hybridized carbons (Fsp3) is 0.841. The summed E-state index contributed by atoms with van der Waals surface area (Å²) in [4.78, 5) is 37.6. The van der Waals surface area contributed by atoms with Gasteiger partial charge in [0, 0.05) is 12.8 Å². The summed E-state index contributed by atoms with van der Waals surface area (Å²) >= 11 is 0. The lowest BCUT2D eigenvalue weighted by atomic mass is 10.0. The average molecular weight is 1050 g/mol. The molecular weight excluding hydrogens is 928 g/mol. The Morgan fingerprint density at radius 2 is 0.877 bits per heavy atom. The summed E-state index contributed by atoms with van der Waals surface area (Å²) in [5.41, 5.74) is 0. The van der Waals surface area contributed by atoms with E-state index in [2.05, 4.69) is 62.5 Å². The molecule has 73 heavy (non-hydrogen) atoms. The topological polar surface area (TPSA) is 111 Å². The summed E-state index contributed by atoms with van der Waals surface area (Å²) in [7, 11) is 1.49. The molecule has 0 aromatic heterocycles. The van der Waals surface area contributed by atoms with E-state index >= 15 is 0 Å². The highest BCUT2D eigenvalue weighted by Gasteiger charge is 2.30. The van der Waals surface area contributed by atoms with Crippen LogP contribution in [0.2, 0.25) is 0 Å². The first-order valence-corrected chi connectivity index (χ1v) is 32.5. The molecule has 2 N–H and O–H groups in total. The summed E-state index contributed by atoms with van der Waals surface area (Å²) < 4.78 is 30.6. The van der Waals surface area contributed by atoms with Crippen LogP contribution in [0.25, 0.3) is 0 Å². The lowest BCUT2D eigenvalue weighted by molar-refractivity contribution is -0.870. The number of carbonyl (C=O) groups is 2. The smallest absolute Gasteiger partial charge is 0.456 e. The number of phosphoric ester groups is 1. The Balaban J connectivity index is 5.10. The first-order chi connectivity index (χ1) is 35.4. The number of quaternary nitrogens is 1. The third-order valence-electron chi connectivity index (χ3n) is 13.8. The summed E-state index contributed by atoms with van der Waals surface area (Å²) in [5, 5.41) is 3.05. The molecule has 0 bridgehead atoms. The molecule has 0 aliphatic rings. The third kappa shape index (κ3) is 54.6. The van der Waals surface area contributed by atoms with Crippen LogP contribution in [0.15, 0.2) is 48.6 Å². The summed E-state index contributed by atoms with van der Waals surface area (Å²) in [6.07, 6.45) is 65.5. The summed E-state index contributed by atoms with van der Waals surface area (Å²) in [5.74, 6) is -0.520. The number of likely N-dealkylation sites (N-methyl/N-ethyl adjacent to an activating group) is 1. The van der Waals surface area contributed by atoms with Gasteiger partial charge in [-0.05, 0) is 51.0 Å². The number of carbonyl (C=O) groups excluding carboxylic acids is 2. The zero-order valence-electron chi connectivity index (χ0n) is 48.9. The molecule has 0 aliphatic heterocycles. The number of unbranched alkanes of at least 4 members (excludes halogenated alkanes) is 36. The zero-order valence-corrected chi connectivity index (χ0v) is 49.8. The molecule has 9 nitrogen and oxygen atoms in total. The van der Waals surface area contributed by atoms with Gasteiger partial charge in [-0.2, -0.15) is 0 Å². The highest BCUT2D eigenvalue weighted by molar-refractivity contribution is 7.47. The Morgan fingerprint density at radius 1 is 0.493 bits per heavy atom. The SMILES string of the molecule is CC/C=C/C=C/C=C\CCCCCCCC(=O)OC(/C=C\CCCCCCCCCCC)C(COP(=O)(O)OCC[N+](C)(C)C)NC(=O)CCCCCCCCCCCCCCCCCCCCCCCCC. The fourth-order valence-electron chi connectivity index (χ4n) is 9.06. The van der Waals surface area contributed by atoms with E-state index in [4.69, 9.17) is 13.8 Å². The second-order valence-electron chi connectivity index (χ2n) is 22.3. The molecule has 0 rings (SSSR count). The van der Waals surface area contributed by atoms with Crippen LogP contribution in [-0.2, 0) is 27.9 Å². The lowest BCUT2D eigenvalue weighted by Crippen LogP contribution is -2.47. The van der Waals surface area contributed by atoms with Crippen LogP contribution in [0.1, 0.15) is 290 Å². The zero-order chi connectivity index (χ0) is 53.6. The maximum Gasteiger partial charge on any atom is 0.472 e. The number of hydrogen-bond acceptors (Lipinski definition) is 6. The third-order valence-corrected chi connectivity index (χ3v) is 14.8. The molecule has 0 aromatic rings. The van der Waals surface area contributed by atoms with E-state index in [-0.39, 0.29) is 31.5 Å². The molecule has 0 saturated carbocycles. The van der Waals surface area contributed by atoms with Crippen molar-refractivity contribution in [2.24, 2.45) is 0 Å². The van der Waals surface area contributed by atoms with E-state index in [0.29, 0.717) is 17.4 Å². The Morgan fingerprint density at radius 3 is 1.30 bits per heavy atom. The molecule has 0 saturated heterocycles. The molecule has 0 aliphatic carbocycles. The van der Waals surface area contributed by atoms with Gasteiger partial charge >= 0.3 is 13.8 Å². The van der Waals surface area contributed by atoms with Crippen molar-refractivity contribution in [3.8, 4) is 0 Å². The van der Waals surface area contributed by atoms with Gasteiger partial charge in [0.25, 0.3) is 0 Å². The van der Waals surface area contributed by atoms with Crippen LogP contribution in [0.5, 0.6) is 0 Å². The van der Waals surface area contributed by atoms with Crippen molar-refractivity contribution >= 4 is 19.7 Å². The van der Waals surface area contributed by atoms with E-state index in [1.165, 1.54) is 173 Å². The molecule has 0 fully saturated rings. The second kappa shape index (κ2) is 53.4. The van der Waals surface area contributed by atoms with E-state index in [0.717, 1.165) is 83.5 Å². The maximum absolute atomic E-state index is 13.5. The molecular formula is C63H120N2O7P+. The summed E-state index contributed by atoms with van der Waals surface area (Å²) in [6.45, 7) is 6.89. The molecule has 428 valence electrons. The summed E-state index contributed by atoms with van der Waals surface area (Å²) in [6, 6.07) is -0.853. The van der Waals surface area contributed by atoms with Gasteiger partial charge in [-0.25, -0.2) is 4.57 Å². The number of esters is 1. The Kier molecular flexibility index (Phi) is 51.9. The first-order valence-electron chi connectivity index (χ1n) is 31.0. The standard InChI is InChI=1S/C63H119N2O7P/c1-7-10-13-16-19-22-25-27-28-29-30-31-32-33-34-35-36-38-40-43-46-49-52-55-62(66)64-60(59-71-73(68,69)70-58-57-65(4,5)6)61(54-51-48-45-42-39-24-21-18-15-12-9-3)72-63(67)56-53-50-47-44-41-37-26-23-20-17-14-11-8-2/h11,14,17,20,23,26,51,54,60-61H,7-10,12-13,15-16,18-19,21-22,24-25,27-50,52-53,55-59H2,1-6H3,(H-,64,66,68,69)/p+1/b14-11+,20-17+,26-23-,54-51-. The number of rotatable bonds is 56. The minimum absolute atomic E-state index is 0.0376. The van der Waals surface area contributed by atoms with Crippen molar-refractivity contribution < 1.29 is 37.3 Å². The van der Waals surface area contributed by atoms with Crippen LogP contribution in [-0.4, -0.2) is 74.3 Å². The Hall–Kier alpha value is -2.03. The van der Waals surface area contributed by atoms with Crippen LogP contribution >= 0.6 is 7.82 Å². The van der Waals surface area contributed by atoms with E-state index in [9.17, 15) is 19.0 Å². The monoisotopic (exact) mass is 1050 g/mol. The van der Waals surface area contributed by atoms with Crippen molar-refractivity contribution in [1.29, 1.82) is 0 Å². The predicted molar refractivity (Wildman–Crippen MR) is 314 cm³/mol. The van der Waals surface area contributed by atoms with Gasteiger partial charge in [0.1, 0.15) is 19.3 Å². The molecule has 3 atom stereocenters. The number of nitrogens with zero attached hydrogens (tertiary/aromatic N) is 1. The highest BCUT2D eigenvalue weighted by Crippen LogP contribution is 2.43. The van der Waals surface area contributed by atoms with Gasteiger partial charge in [-0.3, -0.25) is 18.6 Å². The molecule has 1 amide bonds. The molecule has 0 radical (unpaired) electrons. The van der Waals surface area contributed by atoms with Crippen molar-refractivity contribution in [3.05, 3.63) is 48.6 Å². The van der Waals surface area contributed by atoms with Crippen molar-refractivity contribution in [2.45, 2.75) is 303 Å². The van der Waals surface area contributed by atoms with Gasteiger partial charge in [0.15, 0.2) is 0 Å². The van der Waals surface area contributed by atoms with Crippen LogP contribution in [0.4, 0.5) is 0 Å². The minimum atomic E-state index is -4.45. The van der Waals surface area contributed by atoms with Gasteiger partial charge in [-0.1, -0.05) is 275 Å². The molecule has 10 heteroatoms. The molecule has 0 heterocycles. The number of hydrogen-bond donors (Lipinski definition) is 2. The normalized spacial score (nSPS) is 14.0. The second-order valence-corrected chi connectivity index (χ2v) is 23.7. The highest BCUT2D eigenvalue weighted by atomic mass is 31.2. The fourth-order valence-corrected chi connectivity index (χ4v) is 9.80. The Bertz CT molecular complexity index is 1390. The Labute approximate surface area is 452 Å². The first kappa shape index (κ1) is 71.0. The average Bonchev–Trinajstić information content (AvgIpc) is 3.35. The number of allylic oxidation sites excluding steroid dienone is 7. The maximum atomic E-state index is 13.5. The molecule has 3 unspecified atom stereocenters. The van der Waals surface area contributed by atoms with Gasteiger partial charge in [0.05, 0.1) is 33.8 Å². The van der Waals surface area contributed by atoms with E-state index in [1.807, 2.05) is 33.3 Å². The van der Waals surface area contributed by atoms with Gasteiger partial charge < -0.3 is 19.4 Å². The molecule has 0 aromatic carbocycles. The van der Waals surface area contributed by atoms with Crippen LogP contribution < -0.4 is 5.32 Å². The van der Waals surface area contributed by atoms with Crippen LogP contribution in [0, 0.1) is 0 Å². The van der Waals surface area contributed by atoms with E-state index < -0.39 is 20.0 Å². The number of ether oxygens (including phenoxy) is 1. The number of phosphoric acid groups is 1. The van der Waals surface area contributed by atoms with Crippen molar-refractivity contribution in [2.75, 3.05) is 40.9 Å². The lowest BCUT2D eigenvalue weighted by Gasteiger charge is -2.27. The van der Waals surface area contributed by atoms with Crippen LogP contribution in [0.3, 0.4) is 0 Å².